The molecule has 0 aliphatic carbocycles. The minimum Gasteiger partial charge on any atom is -0.426 e. The second kappa shape index (κ2) is 4.61. The average molecular weight is 340 g/mol. The molecule has 0 saturated carbocycles. The van der Waals surface area contributed by atoms with Crippen molar-refractivity contribution >= 4 is 33.2 Å². The van der Waals surface area contributed by atoms with Gasteiger partial charge in [-0.1, -0.05) is 0 Å². The van der Waals surface area contributed by atoms with E-state index >= 15 is 0 Å². The van der Waals surface area contributed by atoms with E-state index in [2.05, 4.69) is 20.9 Å². The largest absolute Gasteiger partial charge is 0.426 e. The summed E-state index contributed by atoms with van der Waals surface area (Å²) in [6, 6.07) is 5.55. The number of aromatic amines is 1. The fourth-order valence-electron chi connectivity index (χ4n) is 2.27. The number of pyridine rings is 1. The Morgan fingerprint density at radius 1 is 1.42 bits per heavy atom. The fraction of sp³-hybridized carbons (Fsp3) is 0.231. The number of halogens is 1. The third-order valence-corrected chi connectivity index (χ3v) is 4.79. The first-order valence-electron chi connectivity index (χ1n) is 5.74. The minimum atomic E-state index is -0.299. The quantitative estimate of drug-likeness (QED) is 0.812. The maximum atomic E-state index is 12.1. The molecule has 0 saturated heterocycles. The number of rotatable bonds is 1. The molecule has 6 heteroatoms. The lowest BCUT2D eigenvalue weighted by Crippen LogP contribution is -2.28. The number of fused-ring (bicyclic) bond motifs is 1. The molecule has 98 valence electrons. The van der Waals surface area contributed by atoms with Gasteiger partial charge in [0.25, 0.3) is 5.56 Å². The number of H-pyrrole nitrogens is 1. The van der Waals surface area contributed by atoms with E-state index in [1.807, 2.05) is 12.1 Å². The Balaban J connectivity index is 2.19. The van der Waals surface area contributed by atoms with Gasteiger partial charge in [0.05, 0.1) is 15.8 Å². The summed E-state index contributed by atoms with van der Waals surface area (Å²) in [5.74, 6) is -0.143. The first-order valence-corrected chi connectivity index (χ1v) is 7.35. The van der Waals surface area contributed by atoms with E-state index in [1.165, 1.54) is 11.3 Å². The molecule has 1 aliphatic heterocycles. The van der Waals surface area contributed by atoms with Gasteiger partial charge in [0.1, 0.15) is 5.75 Å². The predicted octanol–water partition coefficient (Wildman–Crippen LogP) is 2.95. The molecule has 1 aliphatic rings. The van der Waals surface area contributed by atoms with Crippen LogP contribution >= 0.6 is 27.3 Å². The smallest absolute Gasteiger partial charge is 0.312 e. The number of hydrogen-bond acceptors (Lipinski definition) is 4. The molecule has 0 aromatic carbocycles. The van der Waals surface area contributed by atoms with E-state index < -0.39 is 0 Å². The van der Waals surface area contributed by atoms with E-state index in [0.717, 1.165) is 8.66 Å². The van der Waals surface area contributed by atoms with Gasteiger partial charge in [-0.25, -0.2) is 0 Å². The Labute approximate surface area is 121 Å². The normalized spacial score (nSPS) is 18.0. The molecular weight excluding hydrogens is 330 g/mol. The molecule has 0 amide bonds. The molecule has 1 N–H and O–H groups in total. The summed E-state index contributed by atoms with van der Waals surface area (Å²) in [5.41, 5.74) is 1.04. The number of carbonyl (C=O) groups excluding carboxylic acids is 1. The van der Waals surface area contributed by atoms with Crippen molar-refractivity contribution in [2.45, 2.75) is 19.3 Å². The summed E-state index contributed by atoms with van der Waals surface area (Å²) in [6.45, 7) is 1.76. The molecule has 0 spiro atoms. The van der Waals surface area contributed by atoms with Gasteiger partial charge in [-0.3, -0.25) is 9.59 Å². The molecule has 2 aromatic heterocycles. The molecule has 19 heavy (non-hydrogen) atoms. The maximum Gasteiger partial charge on any atom is 0.312 e. The van der Waals surface area contributed by atoms with Gasteiger partial charge in [-0.15, -0.1) is 11.3 Å². The number of aromatic nitrogens is 1. The Bertz CT molecular complexity index is 719. The van der Waals surface area contributed by atoms with Crippen molar-refractivity contribution in [3.8, 4) is 5.75 Å². The molecule has 0 unspecified atom stereocenters. The third kappa shape index (κ3) is 2.26. The highest BCUT2D eigenvalue weighted by atomic mass is 79.9. The van der Waals surface area contributed by atoms with Crippen molar-refractivity contribution in [1.82, 2.24) is 4.98 Å². The van der Waals surface area contributed by atoms with Crippen LogP contribution in [0, 0.1) is 6.92 Å². The topological polar surface area (TPSA) is 59.2 Å². The minimum absolute atomic E-state index is 0.183. The van der Waals surface area contributed by atoms with Crippen LogP contribution in [0.25, 0.3) is 0 Å². The highest BCUT2D eigenvalue weighted by Gasteiger charge is 2.32. The number of ether oxygens (including phenoxy) is 1. The predicted molar refractivity (Wildman–Crippen MR) is 75.9 cm³/mol. The number of carbonyl (C=O) groups is 1. The summed E-state index contributed by atoms with van der Waals surface area (Å²) in [4.78, 5) is 27.6. The third-order valence-electron chi connectivity index (χ3n) is 3.05. The lowest BCUT2D eigenvalue weighted by atomic mass is 9.92. The number of thiophene rings is 1. The van der Waals surface area contributed by atoms with Crippen molar-refractivity contribution in [1.29, 1.82) is 0 Å². The van der Waals surface area contributed by atoms with Crippen LogP contribution in [0.3, 0.4) is 0 Å². The van der Waals surface area contributed by atoms with Crippen LogP contribution in [0.5, 0.6) is 5.75 Å². The molecule has 3 heterocycles. The van der Waals surface area contributed by atoms with Gasteiger partial charge in [0, 0.05) is 22.6 Å². The fourth-order valence-corrected chi connectivity index (χ4v) is 3.81. The second-order valence-corrected chi connectivity index (χ2v) is 6.93. The van der Waals surface area contributed by atoms with E-state index in [-0.39, 0.29) is 23.9 Å². The maximum absolute atomic E-state index is 12.1. The van der Waals surface area contributed by atoms with Gasteiger partial charge < -0.3 is 9.72 Å². The van der Waals surface area contributed by atoms with Crippen LogP contribution in [0.15, 0.2) is 26.8 Å². The first kappa shape index (κ1) is 12.6. The van der Waals surface area contributed by atoms with Gasteiger partial charge in [-0.05, 0) is 35.0 Å². The molecule has 3 rings (SSSR count). The molecule has 4 nitrogen and oxygen atoms in total. The van der Waals surface area contributed by atoms with E-state index in [0.29, 0.717) is 17.0 Å². The zero-order valence-electron chi connectivity index (χ0n) is 10.0. The highest BCUT2D eigenvalue weighted by Crippen LogP contribution is 2.40. The van der Waals surface area contributed by atoms with Crippen molar-refractivity contribution in [2.24, 2.45) is 0 Å². The van der Waals surface area contributed by atoms with Gasteiger partial charge in [0.15, 0.2) is 0 Å². The van der Waals surface area contributed by atoms with Crippen molar-refractivity contribution in [2.75, 3.05) is 0 Å². The van der Waals surface area contributed by atoms with Gasteiger partial charge in [-0.2, -0.15) is 0 Å². The number of nitrogens with one attached hydrogen (secondary N) is 1. The summed E-state index contributed by atoms with van der Waals surface area (Å²) >= 11 is 4.93. The second-order valence-electron chi connectivity index (χ2n) is 4.43. The Morgan fingerprint density at radius 3 is 2.89 bits per heavy atom. The van der Waals surface area contributed by atoms with E-state index in [9.17, 15) is 9.59 Å². The monoisotopic (exact) mass is 339 g/mol. The first-order chi connectivity index (χ1) is 9.04. The van der Waals surface area contributed by atoms with Crippen LogP contribution in [-0.2, 0) is 4.79 Å². The number of aryl methyl sites for hydroxylation is 1. The lowest BCUT2D eigenvalue weighted by molar-refractivity contribution is -0.135. The van der Waals surface area contributed by atoms with Crippen LogP contribution in [0.1, 0.15) is 28.5 Å². The van der Waals surface area contributed by atoms with Gasteiger partial charge in [0.2, 0.25) is 0 Å². The Kier molecular flexibility index (Phi) is 3.06. The summed E-state index contributed by atoms with van der Waals surface area (Å²) in [7, 11) is 0. The van der Waals surface area contributed by atoms with Crippen LogP contribution in [0.4, 0.5) is 0 Å². The van der Waals surface area contributed by atoms with Crippen LogP contribution < -0.4 is 10.3 Å². The van der Waals surface area contributed by atoms with Crippen molar-refractivity contribution < 1.29 is 9.53 Å². The molecule has 0 bridgehead atoms. The van der Waals surface area contributed by atoms with Crippen molar-refractivity contribution in [3.63, 3.8) is 0 Å². The summed E-state index contributed by atoms with van der Waals surface area (Å²) in [5, 5.41) is 0. The molecular formula is C13H10BrNO3S. The van der Waals surface area contributed by atoms with E-state index in [4.69, 9.17) is 4.74 Å². The molecule has 0 fully saturated rings. The van der Waals surface area contributed by atoms with Crippen molar-refractivity contribution in [3.05, 3.63) is 48.5 Å². The lowest BCUT2D eigenvalue weighted by Gasteiger charge is -2.22. The zero-order valence-corrected chi connectivity index (χ0v) is 12.4. The Morgan fingerprint density at radius 2 is 2.21 bits per heavy atom. The summed E-state index contributed by atoms with van der Waals surface area (Å²) in [6.07, 6.45) is 0.200. The Hall–Kier alpha value is -1.40. The standard InChI is InChI=1S/C13H10BrNO3S/c1-6-4-8-12(13(17)15-6)7(5-11(16)18-8)9-2-3-10(14)19-9/h2-4,7H,5H2,1H3,(H,15,17)/t7-/m1/s1. The average Bonchev–Trinajstić information content (AvgIpc) is 2.73. The zero-order chi connectivity index (χ0) is 13.6. The number of esters is 1. The van der Waals surface area contributed by atoms with E-state index in [1.54, 1.807) is 13.0 Å². The van der Waals surface area contributed by atoms with Gasteiger partial charge >= 0.3 is 5.97 Å². The SMILES string of the molecule is Cc1cc2c(c(=O)[nH]1)[C@@H](c1ccc(Br)s1)CC(=O)O2. The van der Waals surface area contributed by atoms with Crippen LogP contribution in [0.2, 0.25) is 0 Å². The highest BCUT2D eigenvalue weighted by molar-refractivity contribution is 9.11. The molecule has 0 radical (unpaired) electrons. The summed E-state index contributed by atoms with van der Waals surface area (Å²) < 4.78 is 6.16. The number of hydrogen-bond donors (Lipinski definition) is 1. The molecule has 2 aromatic rings. The molecule has 1 atom stereocenters. The van der Waals surface area contributed by atoms with Crippen LogP contribution in [-0.4, -0.2) is 11.0 Å².